The average molecular weight is 268 g/mol. The zero-order chi connectivity index (χ0) is 13.3. The molecule has 18 heavy (non-hydrogen) atoms. The van der Waals surface area contributed by atoms with Crippen LogP contribution in [0.1, 0.15) is 55.4 Å². The maximum atomic E-state index is 12.2. The first-order valence-electron chi connectivity index (χ1n) is 6.29. The van der Waals surface area contributed by atoms with Crippen molar-refractivity contribution < 1.29 is 4.79 Å². The quantitative estimate of drug-likeness (QED) is 0.850. The van der Waals surface area contributed by atoms with Crippen LogP contribution >= 0.6 is 11.5 Å². The summed E-state index contributed by atoms with van der Waals surface area (Å²) in [6.45, 7) is 6.09. The van der Waals surface area contributed by atoms with Crippen LogP contribution in [-0.4, -0.2) is 27.6 Å². The predicted molar refractivity (Wildman–Crippen MR) is 71.7 cm³/mol. The number of carbonyl (C=O) groups excluding carboxylic acids is 1. The largest absolute Gasteiger partial charge is 0.347 e. The Morgan fingerprint density at radius 1 is 1.44 bits per heavy atom. The molecular weight excluding hydrogens is 248 g/mol. The second-order valence-electron chi connectivity index (χ2n) is 5.88. The van der Waals surface area contributed by atoms with Crippen LogP contribution in [0.3, 0.4) is 0 Å². The van der Waals surface area contributed by atoms with E-state index in [0.717, 1.165) is 36.5 Å². The average Bonchev–Trinajstić information content (AvgIpc) is 2.86. The molecular formula is C12H20N4OS. The van der Waals surface area contributed by atoms with Crippen molar-refractivity contribution in [1.29, 1.82) is 0 Å². The minimum Gasteiger partial charge on any atom is -0.347 e. The van der Waals surface area contributed by atoms with Crippen molar-refractivity contribution in [2.75, 3.05) is 0 Å². The van der Waals surface area contributed by atoms with Crippen molar-refractivity contribution in [3.8, 4) is 0 Å². The van der Waals surface area contributed by atoms with Crippen LogP contribution in [0.5, 0.6) is 0 Å². The SMILES string of the molecule is CC(C)(C)c1nnsc1C(=O)NC1CCCC1N. The number of hydrogen-bond acceptors (Lipinski definition) is 5. The van der Waals surface area contributed by atoms with Gasteiger partial charge in [-0.2, -0.15) is 0 Å². The Morgan fingerprint density at radius 2 is 2.17 bits per heavy atom. The molecule has 1 amide bonds. The molecule has 1 aromatic heterocycles. The molecule has 5 nitrogen and oxygen atoms in total. The highest BCUT2D eigenvalue weighted by Crippen LogP contribution is 2.26. The molecule has 0 saturated heterocycles. The van der Waals surface area contributed by atoms with Gasteiger partial charge in [-0.25, -0.2) is 0 Å². The van der Waals surface area contributed by atoms with E-state index in [1.807, 2.05) is 20.8 Å². The maximum absolute atomic E-state index is 12.2. The van der Waals surface area contributed by atoms with Crippen LogP contribution in [0.2, 0.25) is 0 Å². The fourth-order valence-electron chi connectivity index (χ4n) is 2.23. The van der Waals surface area contributed by atoms with Gasteiger partial charge in [-0.1, -0.05) is 25.3 Å². The third-order valence-corrected chi connectivity index (χ3v) is 4.02. The summed E-state index contributed by atoms with van der Waals surface area (Å²) in [5, 5.41) is 7.09. The minimum atomic E-state index is -0.169. The lowest BCUT2D eigenvalue weighted by Crippen LogP contribution is -2.44. The van der Waals surface area contributed by atoms with Crippen LogP contribution in [0.25, 0.3) is 0 Å². The number of nitrogens with one attached hydrogen (secondary N) is 1. The molecule has 6 heteroatoms. The number of hydrogen-bond donors (Lipinski definition) is 2. The first kappa shape index (κ1) is 13.4. The van der Waals surface area contributed by atoms with Gasteiger partial charge in [0.2, 0.25) is 0 Å². The fourth-order valence-corrected chi connectivity index (χ4v) is 3.01. The normalized spacial score (nSPS) is 24.2. The van der Waals surface area contributed by atoms with Gasteiger partial charge < -0.3 is 11.1 Å². The summed E-state index contributed by atoms with van der Waals surface area (Å²) in [7, 11) is 0. The molecule has 1 aromatic rings. The Balaban J connectivity index is 2.12. The topological polar surface area (TPSA) is 80.9 Å². The monoisotopic (exact) mass is 268 g/mol. The summed E-state index contributed by atoms with van der Waals surface area (Å²) >= 11 is 1.16. The van der Waals surface area contributed by atoms with E-state index in [1.54, 1.807) is 0 Å². The highest BCUT2D eigenvalue weighted by Gasteiger charge is 2.30. The first-order valence-corrected chi connectivity index (χ1v) is 7.06. The Hall–Kier alpha value is -1.01. The smallest absolute Gasteiger partial charge is 0.265 e. The van der Waals surface area contributed by atoms with E-state index in [0.29, 0.717) is 4.88 Å². The van der Waals surface area contributed by atoms with Gasteiger partial charge >= 0.3 is 0 Å². The Bertz CT molecular complexity index is 438. The van der Waals surface area contributed by atoms with Crippen LogP contribution in [0.4, 0.5) is 0 Å². The van der Waals surface area contributed by atoms with Gasteiger partial charge in [0.25, 0.3) is 5.91 Å². The Morgan fingerprint density at radius 3 is 2.72 bits per heavy atom. The lowest BCUT2D eigenvalue weighted by atomic mass is 9.91. The summed E-state index contributed by atoms with van der Waals surface area (Å²) < 4.78 is 3.90. The highest BCUT2D eigenvalue weighted by molar-refractivity contribution is 7.08. The molecule has 2 unspecified atom stereocenters. The summed E-state index contributed by atoms with van der Waals surface area (Å²) in [6, 6.07) is 0.167. The molecule has 1 aliphatic rings. The van der Waals surface area contributed by atoms with Crippen molar-refractivity contribution in [3.05, 3.63) is 10.6 Å². The summed E-state index contributed by atoms with van der Waals surface area (Å²) in [6.07, 6.45) is 3.03. The molecule has 100 valence electrons. The number of carbonyl (C=O) groups is 1. The van der Waals surface area contributed by atoms with Crippen LogP contribution in [0, 0.1) is 0 Å². The lowest BCUT2D eigenvalue weighted by molar-refractivity contribution is 0.0936. The van der Waals surface area contributed by atoms with E-state index in [4.69, 9.17) is 5.73 Å². The van der Waals surface area contributed by atoms with E-state index in [9.17, 15) is 4.79 Å². The Labute approximate surface area is 111 Å². The van der Waals surface area contributed by atoms with Gasteiger partial charge in [0.1, 0.15) is 4.88 Å². The van der Waals surface area contributed by atoms with E-state index >= 15 is 0 Å². The molecule has 0 bridgehead atoms. The van der Waals surface area contributed by atoms with Gasteiger partial charge in [0.15, 0.2) is 0 Å². The summed E-state index contributed by atoms with van der Waals surface area (Å²) in [5.41, 5.74) is 6.55. The molecule has 1 heterocycles. The molecule has 0 aliphatic heterocycles. The summed E-state index contributed by atoms with van der Waals surface area (Å²) in [4.78, 5) is 12.9. The molecule has 1 aliphatic carbocycles. The highest BCUT2D eigenvalue weighted by atomic mass is 32.1. The van der Waals surface area contributed by atoms with Gasteiger partial charge in [0, 0.05) is 17.5 Å². The number of nitrogens with zero attached hydrogens (tertiary/aromatic N) is 2. The molecule has 2 atom stereocenters. The van der Waals surface area contributed by atoms with E-state index in [2.05, 4.69) is 14.9 Å². The molecule has 0 spiro atoms. The molecule has 0 aromatic carbocycles. The van der Waals surface area contributed by atoms with Crippen LogP contribution in [0.15, 0.2) is 0 Å². The third kappa shape index (κ3) is 2.70. The van der Waals surface area contributed by atoms with Gasteiger partial charge in [-0.3, -0.25) is 4.79 Å². The van der Waals surface area contributed by atoms with Crippen LogP contribution in [-0.2, 0) is 5.41 Å². The number of rotatable bonds is 2. The Kier molecular flexibility index (Phi) is 3.68. The van der Waals surface area contributed by atoms with Crippen molar-refractivity contribution in [2.45, 2.75) is 57.5 Å². The second kappa shape index (κ2) is 4.93. The molecule has 0 radical (unpaired) electrons. The first-order chi connectivity index (χ1) is 8.39. The van der Waals surface area contributed by atoms with E-state index in [-0.39, 0.29) is 23.4 Å². The van der Waals surface area contributed by atoms with Gasteiger partial charge in [-0.15, -0.1) is 5.10 Å². The molecule has 3 N–H and O–H groups in total. The van der Waals surface area contributed by atoms with Gasteiger partial charge in [0.05, 0.1) is 5.69 Å². The number of amides is 1. The second-order valence-corrected chi connectivity index (χ2v) is 6.63. The van der Waals surface area contributed by atoms with Gasteiger partial charge in [-0.05, 0) is 30.8 Å². The van der Waals surface area contributed by atoms with Crippen molar-refractivity contribution in [3.63, 3.8) is 0 Å². The van der Waals surface area contributed by atoms with Crippen molar-refractivity contribution >= 4 is 17.4 Å². The van der Waals surface area contributed by atoms with E-state index in [1.165, 1.54) is 0 Å². The molecule has 1 fully saturated rings. The van der Waals surface area contributed by atoms with Crippen molar-refractivity contribution in [2.24, 2.45) is 5.73 Å². The molecule has 2 rings (SSSR count). The lowest BCUT2D eigenvalue weighted by Gasteiger charge is -2.19. The van der Waals surface area contributed by atoms with Crippen LogP contribution < -0.4 is 11.1 Å². The van der Waals surface area contributed by atoms with E-state index < -0.39 is 0 Å². The maximum Gasteiger partial charge on any atom is 0.265 e. The minimum absolute atomic E-state index is 0.0768. The standard InChI is InChI=1S/C12H20N4OS/c1-12(2,3)10-9(18-16-15-10)11(17)14-8-6-4-5-7(8)13/h7-8H,4-6,13H2,1-3H3,(H,14,17). The fraction of sp³-hybridized carbons (Fsp3) is 0.750. The predicted octanol–water partition coefficient (Wildman–Crippen LogP) is 1.45. The molecule has 1 saturated carbocycles. The zero-order valence-corrected chi connectivity index (χ0v) is 11.9. The zero-order valence-electron chi connectivity index (χ0n) is 11.1. The summed E-state index contributed by atoms with van der Waals surface area (Å²) in [5.74, 6) is -0.0859. The number of nitrogens with two attached hydrogens (primary N) is 1. The number of aromatic nitrogens is 2. The van der Waals surface area contributed by atoms with Crippen molar-refractivity contribution in [1.82, 2.24) is 14.9 Å². The third-order valence-electron chi connectivity index (χ3n) is 3.29.